The minimum Gasteiger partial charge on any atom is -0.393 e. The molecule has 1 aromatic carbocycles. The summed E-state index contributed by atoms with van der Waals surface area (Å²) in [5.74, 6) is 0.710. The fourth-order valence-electron chi connectivity index (χ4n) is 1.54. The van der Waals surface area contributed by atoms with Gasteiger partial charge in [-0.1, -0.05) is 23.9 Å². The van der Waals surface area contributed by atoms with Crippen LogP contribution < -0.4 is 5.73 Å². The minimum absolute atomic E-state index is 0.0715. The number of rotatable bonds is 5. The van der Waals surface area contributed by atoms with Crippen LogP contribution in [0.5, 0.6) is 0 Å². The Morgan fingerprint density at radius 1 is 1.53 bits per heavy atom. The minimum atomic E-state index is -0.481. The van der Waals surface area contributed by atoms with Crippen LogP contribution in [0, 0.1) is 17.0 Å². The van der Waals surface area contributed by atoms with Crippen molar-refractivity contribution in [2.45, 2.75) is 20.3 Å². The van der Waals surface area contributed by atoms with Gasteiger partial charge in [-0.3, -0.25) is 14.9 Å². The van der Waals surface area contributed by atoms with Crippen LogP contribution in [0.1, 0.15) is 24.5 Å². The highest BCUT2D eigenvalue weighted by Gasteiger charge is 2.13. The molecule has 0 aliphatic rings. The third kappa shape index (κ3) is 4.75. The largest absolute Gasteiger partial charge is 0.393 e. The van der Waals surface area contributed by atoms with Crippen molar-refractivity contribution < 1.29 is 9.72 Å². The summed E-state index contributed by atoms with van der Waals surface area (Å²) in [5, 5.41) is 10.9. The molecule has 0 spiro atoms. The van der Waals surface area contributed by atoms with Crippen LogP contribution in [-0.2, 0) is 4.79 Å². The fourth-order valence-corrected chi connectivity index (χ4v) is 2.09. The van der Waals surface area contributed by atoms with Gasteiger partial charge in [0, 0.05) is 18.7 Å². The van der Waals surface area contributed by atoms with Crippen molar-refractivity contribution in [3.63, 3.8) is 0 Å². The molecule has 0 amide bonds. The van der Waals surface area contributed by atoms with Crippen molar-refractivity contribution in [2.75, 3.05) is 11.5 Å². The predicted molar refractivity (Wildman–Crippen MR) is 79.0 cm³/mol. The molecule has 0 aliphatic heterocycles. The topological polar surface area (TPSA) is 86.2 Å². The zero-order valence-electron chi connectivity index (χ0n) is 10.9. The Bertz CT molecular complexity index is 527. The lowest BCUT2D eigenvalue weighted by Crippen LogP contribution is -1.98. The molecule has 5 nitrogen and oxygen atoms in total. The number of nitrogens with zero attached hydrogens (tertiary/aromatic N) is 1. The number of nitro groups is 1. The van der Waals surface area contributed by atoms with E-state index in [1.807, 2.05) is 6.08 Å². The first-order chi connectivity index (χ1) is 8.91. The maximum absolute atomic E-state index is 10.8. The highest BCUT2D eigenvalue weighted by atomic mass is 32.2. The lowest BCUT2D eigenvalue weighted by Gasteiger charge is -2.03. The van der Waals surface area contributed by atoms with E-state index < -0.39 is 4.92 Å². The van der Waals surface area contributed by atoms with Gasteiger partial charge < -0.3 is 5.73 Å². The second kappa shape index (κ2) is 6.94. The molecule has 0 bridgehead atoms. The Morgan fingerprint density at radius 3 is 2.79 bits per heavy atom. The van der Waals surface area contributed by atoms with Crippen LogP contribution in [0.15, 0.2) is 18.2 Å². The number of thioether (sulfide) groups is 1. The van der Waals surface area contributed by atoms with Gasteiger partial charge in [0.15, 0.2) is 5.12 Å². The van der Waals surface area contributed by atoms with Gasteiger partial charge in [0.1, 0.15) is 5.69 Å². The predicted octanol–water partition coefficient (Wildman–Crippen LogP) is 3.17. The van der Waals surface area contributed by atoms with Gasteiger partial charge in [0.25, 0.3) is 5.69 Å². The quantitative estimate of drug-likeness (QED) is 0.387. The molecule has 102 valence electrons. The molecule has 0 atom stereocenters. The van der Waals surface area contributed by atoms with Crippen LogP contribution in [0.2, 0.25) is 0 Å². The van der Waals surface area contributed by atoms with E-state index in [0.717, 1.165) is 12.0 Å². The molecule has 0 saturated carbocycles. The first-order valence-electron chi connectivity index (χ1n) is 5.76. The van der Waals surface area contributed by atoms with Crippen LogP contribution >= 0.6 is 11.8 Å². The summed E-state index contributed by atoms with van der Waals surface area (Å²) in [7, 11) is 0. The van der Waals surface area contributed by atoms with Gasteiger partial charge in [0.2, 0.25) is 0 Å². The molecule has 0 radical (unpaired) electrons. The molecular weight excluding hydrogens is 264 g/mol. The number of benzene rings is 1. The van der Waals surface area contributed by atoms with Crippen LogP contribution in [0.3, 0.4) is 0 Å². The molecular formula is C13H16N2O3S. The summed E-state index contributed by atoms with van der Waals surface area (Å²) >= 11 is 1.26. The molecule has 19 heavy (non-hydrogen) atoms. The third-order valence-electron chi connectivity index (χ3n) is 2.48. The number of allylic oxidation sites excluding steroid dienone is 1. The average molecular weight is 280 g/mol. The molecule has 2 N–H and O–H groups in total. The standard InChI is InChI=1S/C13H16N2O3S/c1-9-7-11(5-3-4-6-19-10(2)16)8-12(13(9)14)15(17)18/h3,5,7-8H,4,6,14H2,1-2H3. The van der Waals surface area contributed by atoms with E-state index in [2.05, 4.69) is 0 Å². The number of hydrogen-bond donors (Lipinski definition) is 1. The maximum Gasteiger partial charge on any atom is 0.292 e. The van der Waals surface area contributed by atoms with Crippen LogP contribution in [0.4, 0.5) is 11.4 Å². The molecule has 0 fully saturated rings. The monoisotopic (exact) mass is 280 g/mol. The first-order valence-corrected chi connectivity index (χ1v) is 6.74. The van der Waals surface area contributed by atoms with Gasteiger partial charge in [-0.15, -0.1) is 0 Å². The summed E-state index contributed by atoms with van der Waals surface area (Å²) in [5.41, 5.74) is 7.22. The Morgan fingerprint density at radius 2 is 2.21 bits per heavy atom. The lowest BCUT2D eigenvalue weighted by molar-refractivity contribution is -0.383. The SMILES string of the molecule is CC(=O)SCCC=Cc1cc(C)c(N)c([N+](=O)[O-])c1. The van der Waals surface area contributed by atoms with E-state index in [0.29, 0.717) is 11.3 Å². The average Bonchev–Trinajstić information content (AvgIpc) is 2.32. The fraction of sp³-hybridized carbons (Fsp3) is 0.308. The molecule has 0 aromatic heterocycles. The molecule has 1 rings (SSSR count). The second-order valence-electron chi connectivity index (χ2n) is 4.06. The Labute approximate surface area is 116 Å². The number of carbonyl (C=O) groups is 1. The Hall–Kier alpha value is -1.82. The molecule has 0 saturated heterocycles. The number of nitrogen functional groups attached to an aromatic ring is 1. The number of carbonyl (C=O) groups excluding carboxylic acids is 1. The van der Waals surface area contributed by atoms with E-state index in [4.69, 9.17) is 5.73 Å². The van der Waals surface area contributed by atoms with Crippen LogP contribution in [0.25, 0.3) is 6.08 Å². The maximum atomic E-state index is 10.8. The molecule has 0 aliphatic carbocycles. The molecule has 6 heteroatoms. The zero-order valence-corrected chi connectivity index (χ0v) is 11.7. The van der Waals surface area contributed by atoms with Gasteiger partial charge in [0.05, 0.1) is 4.92 Å². The van der Waals surface area contributed by atoms with Gasteiger partial charge in [-0.2, -0.15) is 0 Å². The summed E-state index contributed by atoms with van der Waals surface area (Å²) in [6.45, 7) is 3.27. The van der Waals surface area contributed by atoms with Gasteiger partial charge in [-0.05, 0) is 30.5 Å². The van der Waals surface area contributed by atoms with Crippen molar-refractivity contribution in [1.82, 2.24) is 0 Å². The summed E-state index contributed by atoms with van der Waals surface area (Å²) in [4.78, 5) is 21.1. The summed E-state index contributed by atoms with van der Waals surface area (Å²) in [6, 6.07) is 3.26. The van der Waals surface area contributed by atoms with Gasteiger partial charge in [-0.25, -0.2) is 0 Å². The first kappa shape index (κ1) is 15.2. The van der Waals surface area contributed by atoms with E-state index in [1.165, 1.54) is 24.8 Å². The van der Waals surface area contributed by atoms with E-state index in [9.17, 15) is 14.9 Å². The van der Waals surface area contributed by atoms with E-state index in [1.54, 1.807) is 19.1 Å². The van der Waals surface area contributed by atoms with Crippen LogP contribution in [-0.4, -0.2) is 15.8 Å². The second-order valence-corrected chi connectivity index (χ2v) is 5.33. The lowest BCUT2D eigenvalue weighted by atomic mass is 10.1. The highest BCUT2D eigenvalue weighted by Crippen LogP contribution is 2.27. The third-order valence-corrected chi connectivity index (χ3v) is 3.33. The van der Waals surface area contributed by atoms with Crippen molar-refractivity contribution in [2.24, 2.45) is 0 Å². The van der Waals surface area contributed by atoms with Crippen molar-refractivity contribution in [1.29, 1.82) is 0 Å². The van der Waals surface area contributed by atoms with Crippen molar-refractivity contribution in [3.05, 3.63) is 39.4 Å². The normalized spacial score (nSPS) is 10.8. The smallest absolute Gasteiger partial charge is 0.292 e. The highest BCUT2D eigenvalue weighted by molar-refractivity contribution is 8.13. The summed E-state index contributed by atoms with van der Waals surface area (Å²) in [6.07, 6.45) is 4.44. The number of hydrogen-bond acceptors (Lipinski definition) is 5. The zero-order chi connectivity index (χ0) is 14.4. The van der Waals surface area contributed by atoms with Gasteiger partial charge >= 0.3 is 0 Å². The van der Waals surface area contributed by atoms with E-state index >= 15 is 0 Å². The van der Waals surface area contributed by atoms with E-state index in [-0.39, 0.29) is 16.5 Å². The number of nitrogens with two attached hydrogens (primary N) is 1. The molecule has 0 heterocycles. The number of nitro benzene ring substituents is 1. The number of aryl methyl sites for hydroxylation is 1. The van der Waals surface area contributed by atoms with Crippen molar-refractivity contribution in [3.8, 4) is 0 Å². The Balaban J connectivity index is 2.76. The summed E-state index contributed by atoms with van der Waals surface area (Å²) < 4.78 is 0. The Kier molecular flexibility index (Phi) is 5.57. The number of anilines is 1. The molecule has 0 unspecified atom stereocenters. The molecule has 1 aromatic rings. The van der Waals surface area contributed by atoms with Crippen molar-refractivity contribution >= 4 is 34.3 Å².